The van der Waals surface area contributed by atoms with E-state index in [9.17, 15) is 9.59 Å². The van der Waals surface area contributed by atoms with E-state index in [4.69, 9.17) is 9.47 Å². The first kappa shape index (κ1) is 19.5. The second-order valence-corrected chi connectivity index (χ2v) is 7.56. The number of Topliss-reactive ketones (excluding diaryl/α,β-unsaturated/α-hetero) is 1. The van der Waals surface area contributed by atoms with Crippen molar-refractivity contribution in [1.29, 1.82) is 0 Å². The second kappa shape index (κ2) is 8.66. The summed E-state index contributed by atoms with van der Waals surface area (Å²) in [4.78, 5) is 27.5. The maximum absolute atomic E-state index is 12.7. The molecule has 6 nitrogen and oxygen atoms in total. The second-order valence-electron chi connectivity index (χ2n) is 7.56. The summed E-state index contributed by atoms with van der Waals surface area (Å²) in [5.74, 6) is 1.53. The predicted octanol–water partition coefficient (Wildman–Crippen LogP) is 3.38. The van der Waals surface area contributed by atoms with Gasteiger partial charge in [-0.1, -0.05) is 30.3 Å². The largest absolute Gasteiger partial charge is 0.486 e. The average molecular weight is 394 g/mol. The number of ketones is 1. The quantitative estimate of drug-likeness (QED) is 0.788. The Morgan fingerprint density at radius 3 is 2.41 bits per heavy atom. The summed E-state index contributed by atoms with van der Waals surface area (Å²) in [6.45, 7) is 4.43. The number of nitrogens with zero attached hydrogens (tertiary/aromatic N) is 1. The Balaban J connectivity index is 1.31. The third-order valence-corrected chi connectivity index (χ3v) is 5.70. The van der Waals surface area contributed by atoms with Crippen LogP contribution in [0.25, 0.3) is 0 Å². The molecule has 0 radical (unpaired) electrons. The van der Waals surface area contributed by atoms with Crippen molar-refractivity contribution in [2.75, 3.05) is 31.6 Å². The number of carbonyl (C=O) groups is 2. The van der Waals surface area contributed by atoms with Crippen LogP contribution in [0.3, 0.4) is 0 Å². The number of carbonyl (C=O) groups excluding carboxylic acids is 2. The van der Waals surface area contributed by atoms with Crippen molar-refractivity contribution in [2.45, 2.75) is 25.8 Å². The first-order valence-electron chi connectivity index (χ1n) is 10.2. The number of rotatable bonds is 5. The topological polar surface area (TPSA) is 67.9 Å². The fourth-order valence-electron chi connectivity index (χ4n) is 3.92. The van der Waals surface area contributed by atoms with E-state index in [1.54, 1.807) is 6.07 Å². The minimum absolute atomic E-state index is 0.0294. The number of hydrogen-bond donors (Lipinski definition) is 1. The molecule has 2 aromatic rings. The van der Waals surface area contributed by atoms with Gasteiger partial charge in [-0.25, -0.2) is 0 Å². The predicted molar refractivity (Wildman–Crippen MR) is 111 cm³/mol. The van der Waals surface area contributed by atoms with Gasteiger partial charge < -0.3 is 14.8 Å². The van der Waals surface area contributed by atoms with Crippen molar-refractivity contribution >= 4 is 17.4 Å². The highest BCUT2D eigenvalue weighted by Crippen LogP contribution is 2.32. The molecule has 1 N–H and O–H groups in total. The molecule has 0 spiro atoms. The fourth-order valence-corrected chi connectivity index (χ4v) is 3.92. The molecule has 1 unspecified atom stereocenters. The van der Waals surface area contributed by atoms with E-state index in [1.165, 1.54) is 0 Å². The molecule has 2 aromatic carbocycles. The van der Waals surface area contributed by atoms with E-state index in [0.29, 0.717) is 30.4 Å². The molecule has 0 aromatic heterocycles. The molecular weight excluding hydrogens is 368 g/mol. The Hall–Kier alpha value is -2.86. The first-order valence-corrected chi connectivity index (χ1v) is 10.2. The SMILES string of the molecule is CC(C(=O)Nc1ccc2c(c1)OCCO2)N1CCC(C(=O)c2ccccc2)CC1. The number of anilines is 1. The van der Waals surface area contributed by atoms with Crippen LogP contribution < -0.4 is 14.8 Å². The third-order valence-electron chi connectivity index (χ3n) is 5.70. The minimum atomic E-state index is -0.268. The monoisotopic (exact) mass is 394 g/mol. The summed E-state index contributed by atoms with van der Waals surface area (Å²) in [5, 5.41) is 2.97. The number of amides is 1. The number of benzene rings is 2. The first-order chi connectivity index (χ1) is 14.1. The lowest BCUT2D eigenvalue weighted by Gasteiger charge is -2.34. The summed E-state index contributed by atoms with van der Waals surface area (Å²) in [5.41, 5.74) is 1.47. The highest BCUT2D eigenvalue weighted by Gasteiger charge is 2.30. The molecule has 29 heavy (non-hydrogen) atoms. The van der Waals surface area contributed by atoms with Crippen LogP contribution in [0.2, 0.25) is 0 Å². The van der Waals surface area contributed by atoms with E-state index in [2.05, 4.69) is 10.2 Å². The lowest BCUT2D eigenvalue weighted by atomic mass is 9.88. The number of likely N-dealkylation sites (tertiary alicyclic amines) is 1. The maximum atomic E-state index is 12.7. The van der Waals surface area contributed by atoms with Gasteiger partial charge in [0.15, 0.2) is 17.3 Å². The molecule has 2 aliphatic heterocycles. The lowest BCUT2D eigenvalue weighted by Crippen LogP contribution is -2.47. The van der Waals surface area contributed by atoms with Crippen LogP contribution in [0.1, 0.15) is 30.1 Å². The van der Waals surface area contributed by atoms with Gasteiger partial charge in [-0.3, -0.25) is 14.5 Å². The summed E-state index contributed by atoms with van der Waals surface area (Å²) in [6.07, 6.45) is 1.55. The molecule has 0 aliphatic carbocycles. The van der Waals surface area contributed by atoms with E-state index in [1.807, 2.05) is 49.4 Å². The molecule has 2 aliphatic rings. The molecule has 152 valence electrons. The Morgan fingerprint density at radius 2 is 1.69 bits per heavy atom. The average Bonchev–Trinajstić information content (AvgIpc) is 2.78. The van der Waals surface area contributed by atoms with Gasteiger partial charge in [-0.2, -0.15) is 0 Å². The van der Waals surface area contributed by atoms with Gasteiger partial charge in [-0.05, 0) is 45.0 Å². The van der Waals surface area contributed by atoms with Gasteiger partial charge in [0.2, 0.25) is 5.91 Å². The number of fused-ring (bicyclic) bond motifs is 1. The molecule has 6 heteroatoms. The zero-order chi connectivity index (χ0) is 20.2. The molecule has 2 heterocycles. The Kier molecular flexibility index (Phi) is 5.81. The van der Waals surface area contributed by atoms with Crippen LogP contribution in [0.5, 0.6) is 11.5 Å². The zero-order valence-electron chi connectivity index (χ0n) is 16.6. The molecule has 4 rings (SSSR count). The smallest absolute Gasteiger partial charge is 0.241 e. The maximum Gasteiger partial charge on any atom is 0.241 e. The number of hydrogen-bond acceptors (Lipinski definition) is 5. The molecule has 1 saturated heterocycles. The number of ether oxygens (including phenoxy) is 2. The summed E-state index contributed by atoms with van der Waals surface area (Å²) in [6, 6.07) is 14.6. The van der Waals surface area contributed by atoms with Crippen molar-refractivity contribution in [2.24, 2.45) is 5.92 Å². The molecule has 0 saturated carbocycles. The van der Waals surface area contributed by atoms with Crippen LogP contribution in [-0.2, 0) is 4.79 Å². The Morgan fingerprint density at radius 1 is 1.00 bits per heavy atom. The fraction of sp³-hybridized carbons (Fsp3) is 0.391. The van der Waals surface area contributed by atoms with Crippen molar-refractivity contribution in [3.05, 3.63) is 54.1 Å². The van der Waals surface area contributed by atoms with Crippen molar-refractivity contribution in [1.82, 2.24) is 4.90 Å². The van der Waals surface area contributed by atoms with Crippen molar-refractivity contribution in [3.8, 4) is 11.5 Å². The van der Waals surface area contributed by atoms with E-state index < -0.39 is 0 Å². The highest BCUT2D eigenvalue weighted by atomic mass is 16.6. The van der Waals surface area contributed by atoms with Crippen LogP contribution >= 0.6 is 0 Å². The van der Waals surface area contributed by atoms with E-state index >= 15 is 0 Å². The standard InChI is InChI=1S/C23H26N2O4/c1-16(23(27)24-19-7-8-20-21(15-19)29-14-13-28-20)25-11-9-18(10-12-25)22(26)17-5-3-2-4-6-17/h2-8,15-16,18H,9-14H2,1H3,(H,24,27). The van der Waals surface area contributed by atoms with E-state index in [-0.39, 0.29) is 23.7 Å². The molecule has 1 fully saturated rings. The van der Waals surface area contributed by atoms with Gasteiger partial charge in [0.1, 0.15) is 13.2 Å². The molecule has 1 amide bonds. The highest BCUT2D eigenvalue weighted by molar-refractivity contribution is 5.98. The Bertz CT molecular complexity index is 876. The summed E-state index contributed by atoms with van der Waals surface area (Å²) < 4.78 is 11.1. The number of piperidine rings is 1. The normalized spacial score (nSPS) is 18.1. The summed E-state index contributed by atoms with van der Waals surface area (Å²) >= 11 is 0. The van der Waals surface area contributed by atoms with Crippen LogP contribution in [0, 0.1) is 5.92 Å². The number of nitrogens with one attached hydrogen (secondary N) is 1. The van der Waals surface area contributed by atoms with Crippen molar-refractivity contribution in [3.63, 3.8) is 0 Å². The molecule has 0 bridgehead atoms. The summed E-state index contributed by atoms with van der Waals surface area (Å²) in [7, 11) is 0. The van der Waals surface area contributed by atoms with E-state index in [0.717, 1.165) is 31.5 Å². The van der Waals surface area contributed by atoms with Gasteiger partial charge >= 0.3 is 0 Å². The van der Waals surface area contributed by atoms with Gasteiger partial charge in [0, 0.05) is 23.2 Å². The molecular formula is C23H26N2O4. The van der Waals surface area contributed by atoms with Gasteiger partial charge in [0.25, 0.3) is 0 Å². The van der Waals surface area contributed by atoms with Crippen molar-refractivity contribution < 1.29 is 19.1 Å². The van der Waals surface area contributed by atoms with Crippen LogP contribution in [-0.4, -0.2) is 48.9 Å². The van der Waals surface area contributed by atoms with Crippen LogP contribution in [0.4, 0.5) is 5.69 Å². The zero-order valence-corrected chi connectivity index (χ0v) is 16.6. The van der Waals surface area contributed by atoms with Crippen LogP contribution in [0.15, 0.2) is 48.5 Å². The lowest BCUT2D eigenvalue weighted by molar-refractivity contribution is -0.121. The minimum Gasteiger partial charge on any atom is -0.486 e. The third kappa shape index (κ3) is 4.43. The Labute approximate surface area is 170 Å². The van der Waals surface area contributed by atoms with Gasteiger partial charge in [-0.15, -0.1) is 0 Å². The van der Waals surface area contributed by atoms with Gasteiger partial charge in [0.05, 0.1) is 6.04 Å². The molecule has 1 atom stereocenters.